The summed E-state index contributed by atoms with van der Waals surface area (Å²) >= 11 is 0. The molecule has 2 unspecified atom stereocenters. The van der Waals surface area contributed by atoms with Gasteiger partial charge in [0.15, 0.2) is 0 Å². The summed E-state index contributed by atoms with van der Waals surface area (Å²) in [6, 6.07) is 9.43. The van der Waals surface area contributed by atoms with Gasteiger partial charge < -0.3 is 15.0 Å². The van der Waals surface area contributed by atoms with Crippen molar-refractivity contribution in [1.29, 1.82) is 0 Å². The number of rotatable bonds is 7. The molecule has 3 nitrogen and oxygen atoms in total. The van der Waals surface area contributed by atoms with Crippen molar-refractivity contribution in [3.05, 3.63) is 29.8 Å². The monoisotopic (exact) mass is 276 g/mol. The van der Waals surface area contributed by atoms with E-state index in [9.17, 15) is 0 Å². The second-order valence-corrected chi connectivity index (χ2v) is 5.69. The summed E-state index contributed by atoms with van der Waals surface area (Å²) in [6.07, 6.45) is 2.28. The molecule has 0 amide bonds. The van der Waals surface area contributed by atoms with Crippen LogP contribution in [0.3, 0.4) is 0 Å². The molecule has 0 spiro atoms. The van der Waals surface area contributed by atoms with Crippen LogP contribution in [0.1, 0.15) is 25.8 Å². The number of hydrogen-bond acceptors (Lipinski definition) is 3. The molecule has 112 valence electrons. The summed E-state index contributed by atoms with van der Waals surface area (Å²) in [5.41, 5.74) is 2.69. The number of aryl methyl sites for hydroxylation is 1. The second-order valence-electron chi connectivity index (χ2n) is 5.69. The quantitative estimate of drug-likeness (QED) is 0.828. The summed E-state index contributed by atoms with van der Waals surface area (Å²) in [5, 5.41) is 3.63. The van der Waals surface area contributed by atoms with Gasteiger partial charge in [-0.2, -0.15) is 0 Å². The molecule has 2 atom stereocenters. The summed E-state index contributed by atoms with van der Waals surface area (Å²) in [4.78, 5) is 2.35. The summed E-state index contributed by atoms with van der Waals surface area (Å²) in [7, 11) is 2.18. The van der Waals surface area contributed by atoms with Crippen LogP contribution < -0.4 is 10.2 Å². The highest BCUT2D eigenvalue weighted by atomic mass is 16.5. The minimum absolute atomic E-state index is 0.512. The van der Waals surface area contributed by atoms with Gasteiger partial charge in [0.1, 0.15) is 0 Å². The normalized spacial score (nSPS) is 20.1. The van der Waals surface area contributed by atoms with Crippen LogP contribution in [0.2, 0.25) is 0 Å². The topological polar surface area (TPSA) is 24.5 Å². The van der Waals surface area contributed by atoms with Gasteiger partial charge in [-0.15, -0.1) is 0 Å². The van der Waals surface area contributed by atoms with Crippen molar-refractivity contribution in [1.82, 2.24) is 5.32 Å². The zero-order valence-corrected chi connectivity index (χ0v) is 13.1. The SMILES string of the molecule is CCNC(CN(C)c1ccc(CC)cc1)C1CCOC1. The molecule has 0 aliphatic carbocycles. The zero-order valence-electron chi connectivity index (χ0n) is 13.1. The number of benzene rings is 1. The maximum Gasteiger partial charge on any atom is 0.0510 e. The Balaban J connectivity index is 1.97. The van der Waals surface area contributed by atoms with E-state index in [4.69, 9.17) is 4.74 Å². The predicted molar refractivity (Wildman–Crippen MR) is 85.5 cm³/mol. The van der Waals surface area contributed by atoms with Gasteiger partial charge in [0.25, 0.3) is 0 Å². The average Bonchev–Trinajstić information content (AvgIpc) is 3.01. The molecular weight excluding hydrogens is 248 g/mol. The molecule has 0 bridgehead atoms. The molecule has 3 heteroatoms. The van der Waals surface area contributed by atoms with Gasteiger partial charge in [-0.1, -0.05) is 26.0 Å². The van der Waals surface area contributed by atoms with E-state index in [1.807, 2.05) is 0 Å². The highest BCUT2D eigenvalue weighted by Gasteiger charge is 2.26. The van der Waals surface area contributed by atoms with Gasteiger partial charge in [-0.25, -0.2) is 0 Å². The Labute approximate surface area is 123 Å². The number of likely N-dealkylation sites (N-methyl/N-ethyl adjacent to an activating group) is 2. The Morgan fingerprint density at radius 1 is 1.30 bits per heavy atom. The van der Waals surface area contributed by atoms with Gasteiger partial charge in [0.2, 0.25) is 0 Å². The van der Waals surface area contributed by atoms with E-state index in [1.54, 1.807) is 0 Å². The Bertz CT molecular complexity index is 384. The van der Waals surface area contributed by atoms with Gasteiger partial charge >= 0.3 is 0 Å². The van der Waals surface area contributed by atoms with Crippen LogP contribution in [0.5, 0.6) is 0 Å². The molecule has 0 radical (unpaired) electrons. The molecule has 1 aromatic carbocycles. The maximum atomic E-state index is 5.54. The molecule has 1 saturated heterocycles. The van der Waals surface area contributed by atoms with Crippen LogP contribution in [-0.2, 0) is 11.2 Å². The number of ether oxygens (including phenoxy) is 1. The van der Waals surface area contributed by atoms with Crippen molar-refractivity contribution in [2.75, 3.05) is 38.3 Å². The molecule has 1 N–H and O–H groups in total. The Kier molecular flexibility index (Phi) is 5.86. The minimum Gasteiger partial charge on any atom is -0.381 e. The van der Waals surface area contributed by atoms with Crippen LogP contribution >= 0.6 is 0 Å². The van der Waals surface area contributed by atoms with Crippen molar-refractivity contribution < 1.29 is 4.74 Å². The molecule has 1 heterocycles. The number of nitrogens with zero attached hydrogens (tertiary/aromatic N) is 1. The Morgan fingerprint density at radius 2 is 2.05 bits per heavy atom. The van der Waals surface area contributed by atoms with Crippen LogP contribution in [0, 0.1) is 5.92 Å². The van der Waals surface area contributed by atoms with E-state index in [2.05, 4.69) is 55.4 Å². The molecule has 1 fully saturated rings. The van der Waals surface area contributed by atoms with Crippen molar-refractivity contribution in [2.45, 2.75) is 32.7 Å². The van der Waals surface area contributed by atoms with Gasteiger partial charge in [-0.3, -0.25) is 0 Å². The van der Waals surface area contributed by atoms with Gasteiger partial charge in [0.05, 0.1) is 6.61 Å². The largest absolute Gasteiger partial charge is 0.381 e. The van der Waals surface area contributed by atoms with E-state index in [0.29, 0.717) is 12.0 Å². The molecule has 2 rings (SSSR count). The Hall–Kier alpha value is -1.06. The summed E-state index contributed by atoms with van der Waals surface area (Å²) < 4.78 is 5.54. The second kappa shape index (κ2) is 7.65. The van der Waals surface area contributed by atoms with Crippen LogP contribution in [0.4, 0.5) is 5.69 Å². The lowest BCUT2D eigenvalue weighted by Crippen LogP contribution is -2.45. The third-order valence-corrected chi connectivity index (χ3v) is 4.26. The maximum absolute atomic E-state index is 5.54. The molecule has 1 aromatic rings. The smallest absolute Gasteiger partial charge is 0.0510 e. The first-order valence-electron chi connectivity index (χ1n) is 7.85. The molecule has 0 saturated carbocycles. The highest BCUT2D eigenvalue weighted by molar-refractivity contribution is 5.47. The Morgan fingerprint density at radius 3 is 2.60 bits per heavy atom. The van der Waals surface area contributed by atoms with E-state index >= 15 is 0 Å². The fourth-order valence-corrected chi connectivity index (χ4v) is 2.90. The molecule has 0 aromatic heterocycles. The zero-order chi connectivity index (χ0) is 14.4. The van der Waals surface area contributed by atoms with Crippen molar-refractivity contribution in [3.8, 4) is 0 Å². The number of nitrogens with one attached hydrogen (secondary N) is 1. The van der Waals surface area contributed by atoms with E-state index in [1.165, 1.54) is 17.7 Å². The van der Waals surface area contributed by atoms with E-state index < -0.39 is 0 Å². The first kappa shape index (κ1) is 15.3. The summed E-state index contributed by atoms with van der Waals surface area (Å²) in [5.74, 6) is 0.646. The van der Waals surface area contributed by atoms with E-state index in [-0.39, 0.29) is 0 Å². The first-order valence-corrected chi connectivity index (χ1v) is 7.85. The van der Waals surface area contributed by atoms with Crippen molar-refractivity contribution in [3.63, 3.8) is 0 Å². The third kappa shape index (κ3) is 3.97. The first-order chi connectivity index (χ1) is 9.74. The summed E-state index contributed by atoms with van der Waals surface area (Å²) in [6.45, 7) is 8.25. The molecule has 20 heavy (non-hydrogen) atoms. The fourth-order valence-electron chi connectivity index (χ4n) is 2.90. The predicted octanol–water partition coefficient (Wildman–Crippen LogP) is 2.70. The van der Waals surface area contributed by atoms with Gasteiger partial charge in [-0.05, 0) is 37.1 Å². The standard InChI is InChI=1S/C17H28N2O/c1-4-14-6-8-16(9-7-14)19(3)12-17(18-5-2)15-10-11-20-13-15/h6-9,15,17-18H,4-5,10-13H2,1-3H3. The van der Waals surface area contributed by atoms with Crippen molar-refractivity contribution >= 4 is 5.69 Å². The fraction of sp³-hybridized carbons (Fsp3) is 0.647. The van der Waals surface area contributed by atoms with Crippen LogP contribution in [0.15, 0.2) is 24.3 Å². The molecule has 1 aliphatic heterocycles. The lowest BCUT2D eigenvalue weighted by molar-refractivity contribution is 0.177. The average molecular weight is 276 g/mol. The lowest BCUT2D eigenvalue weighted by atomic mass is 9.98. The number of anilines is 1. The molecular formula is C17H28N2O. The third-order valence-electron chi connectivity index (χ3n) is 4.26. The van der Waals surface area contributed by atoms with Crippen LogP contribution in [-0.4, -0.2) is 39.4 Å². The van der Waals surface area contributed by atoms with Crippen molar-refractivity contribution in [2.24, 2.45) is 5.92 Å². The molecule has 1 aliphatic rings. The van der Waals surface area contributed by atoms with Crippen LogP contribution in [0.25, 0.3) is 0 Å². The highest BCUT2D eigenvalue weighted by Crippen LogP contribution is 2.20. The minimum atomic E-state index is 0.512. The van der Waals surface area contributed by atoms with E-state index in [0.717, 1.165) is 32.7 Å². The van der Waals surface area contributed by atoms with Gasteiger partial charge in [0, 0.05) is 37.8 Å². The number of hydrogen-bond donors (Lipinski definition) is 1. The lowest BCUT2D eigenvalue weighted by Gasteiger charge is -2.29.